The Kier molecular flexibility index (Phi) is 4.77. The molecular formula is C7H10O3S. The first-order valence-electron chi connectivity index (χ1n) is 3.18. The maximum Gasteiger partial charge on any atom is 0.186 e. The highest BCUT2D eigenvalue weighted by Crippen LogP contribution is 2.13. The Balaban J connectivity index is 3.85. The summed E-state index contributed by atoms with van der Waals surface area (Å²) in [7, 11) is 0. The normalized spacial score (nSPS) is 12.2. The minimum atomic E-state index is -0.495. The molecule has 0 aromatic heterocycles. The van der Waals surface area contributed by atoms with E-state index in [0.717, 1.165) is 11.8 Å². The molecule has 4 heteroatoms. The number of aldehydes is 1. The number of thioether (sulfide) groups is 1. The quantitative estimate of drug-likeness (QED) is 0.592. The zero-order chi connectivity index (χ0) is 8.85. The molecular weight excluding hydrogens is 164 g/mol. The van der Waals surface area contributed by atoms with E-state index in [1.54, 1.807) is 0 Å². The minimum absolute atomic E-state index is 0.0733. The van der Waals surface area contributed by atoms with Crippen LogP contribution in [0.1, 0.15) is 20.3 Å². The predicted octanol–water partition coefficient (Wildman–Crippen LogP) is 0.813. The van der Waals surface area contributed by atoms with E-state index in [4.69, 9.17) is 0 Å². The van der Waals surface area contributed by atoms with Crippen LogP contribution in [-0.2, 0) is 14.4 Å². The van der Waals surface area contributed by atoms with Crippen molar-refractivity contribution in [3.05, 3.63) is 0 Å². The summed E-state index contributed by atoms with van der Waals surface area (Å²) in [5.74, 6) is -0.0733. The van der Waals surface area contributed by atoms with Crippen molar-refractivity contribution in [2.75, 3.05) is 0 Å². The van der Waals surface area contributed by atoms with Crippen molar-refractivity contribution in [3.63, 3.8) is 0 Å². The van der Waals surface area contributed by atoms with Crippen LogP contribution in [0.25, 0.3) is 0 Å². The molecule has 0 aromatic rings. The van der Waals surface area contributed by atoms with Gasteiger partial charge in [-0.3, -0.25) is 9.59 Å². The molecule has 0 saturated carbocycles. The van der Waals surface area contributed by atoms with E-state index in [2.05, 4.69) is 0 Å². The van der Waals surface area contributed by atoms with Crippen molar-refractivity contribution in [2.45, 2.75) is 25.5 Å². The van der Waals surface area contributed by atoms with Crippen molar-refractivity contribution < 1.29 is 14.4 Å². The van der Waals surface area contributed by atoms with Gasteiger partial charge in [-0.25, -0.2) is 0 Å². The molecule has 0 aliphatic carbocycles. The average molecular weight is 174 g/mol. The van der Waals surface area contributed by atoms with Gasteiger partial charge >= 0.3 is 0 Å². The first-order valence-corrected chi connectivity index (χ1v) is 4.06. The lowest BCUT2D eigenvalue weighted by molar-refractivity contribution is -0.118. The van der Waals surface area contributed by atoms with Gasteiger partial charge in [0.05, 0.1) is 5.25 Å². The van der Waals surface area contributed by atoms with Crippen molar-refractivity contribution in [2.24, 2.45) is 0 Å². The number of carbonyl (C=O) groups is 3. The molecule has 62 valence electrons. The van der Waals surface area contributed by atoms with Gasteiger partial charge in [-0.05, 0) is 6.92 Å². The summed E-state index contributed by atoms with van der Waals surface area (Å²) in [6, 6.07) is 0. The van der Waals surface area contributed by atoms with E-state index >= 15 is 0 Å². The molecule has 0 radical (unpaired) electrons. The second kappa shape index (κ2) is 5.07. The molecule has 0 saturated heterocycles. The summed E-state index contributed by atoms with van der Waals surface area (Å²) in [6.45, 7) is 2.78. The monoisotopic (exact) mass is 174 g/mol. The van der Waals surface area contributed by atoms with E-state index in [0.29, 0.717) is 6.29 Å². The summed E-state index contributed by atoms with van der Waals surface area (Å²) >= 11 is 0.900. The SMILES string of the molecule is CC(=O)CC(C=O)SC(C)=O. The highest BCUT2D eigenvalue weighted by Gasteiger charge is 2.12. The lowest BCUT2D eigenvalue weighted by atomic mass is 10.2. The zero-order valence-electron chi connectivity index (χ0n) is 6.49. The van der Waals surface area contributed by atoms with Gasteiger partial charge in [-0.15, -0.1) is 0 Å². The van der Waals surface area contributed by atoms with Gasteiger partial charge in [0.25, 0.3) is 0 Å². The number of hydrogen-bond acceptors (Lipinski definition) is 4. The van der Waals surface area contributed by atoms with Crippen LogP contribution in [0, 0.1) is 0 Å². The maximum absolute atomic E-state index is 10.5. The first-order chi connectivity index (χ1) is 5.06. The second-order valence-corrected chi connectivity index (χ2v) is 3.61. The Morgan fingerprint density at radius 2 is 2.00 bits per heavy atom. The molecule has 0 aromatic carbocycles. The Labute approximate surface area is 69.5 Å². The van der Waals surface area contributed by atoms with Crippen molar-refractivity contribution in [3.8, 4) is 0 Å². The summed E-state index contributed by atoms with van der Waals surface area (Å²) < 4.78 is 0. The van der Waals surface area contributed by atoms with Crippen LogP contribution in [0.2, 0.25) is 0 Å². The van der Waals surface area contributed by atoms with Gasteiger partial charge in [0.2, 0.25) is 0 Å². The zero-order valence-corrected chi connectivity index (χ0v) is 7.31. The summed E-state index contributed by atoms with van der Waals surface area (Å²) in [5, 5.41) is -0.631. The third-order valence-electron chi connectivity index (χ3n) is 0.958. The molecule has 0 spiro atoms. The Morgan fingerprint density at radius 3 is 2.27 bits per heavy atom. The van der Waals surface area contributed by atoms with E-state index in [1.807, 2.05) is 0 Å². The smallest absolute Gasteiger partial charge is 0.186 e. The lowest BCUT2D eigenvalue weighted by Crippen LogP contribution is -2.11. The standard InChI is InChI=1S/C7H10O3S/c1-5(9)3-7(4-8)11-6(2)10/h4,7H,3H2,1-2H3. The molecule has 1 unspecified atom stereocenters. The minimum Gasteiger partial charge on any atom is -0.302 e. The molecule has 0 rings (SSSR count). The number of ketones is 1. The molecule has 0 amide bonds. The largest absolute Gasteiger partial charge is 0.302 e. The van der Waals surface area contributed by atoms with Gasteiger partial charge in [0.1, 0.15) is 12.1 Å². The van der Waals surface area contributed by atoms with Crippen LogP contribution in [0.3, 0.4) is 0 Å². The number of Topliss-reactive ketones (excluding diaryl/α,β-unsaturated/α-hetero) is 1. The number of rotatable bonds is 4. The summed E-state index contributed by atoms with van der Waals surface area (Å²) in [6.07, 6.45) is 0.779. The molecule has 0 bridgehead atoms. The average Bonchev–Trinajstić information content (AvgIpc) is 1.84. The van der Waals surface area contributed by atoms with Gasteiger partial charge in [0.15, 0.2) is 5.12 Å². The first kappa shape index (κ1) is 10.4. The van der Waals surface area contributed by atoms with E-state index in [9.17, 15) is 14.4 Å². The molecule has 11 heavy (non-hydrogen) atoms. The molecule has 0 aliphatic rings. The second-order valence-electron chi connectivity index (χ2n) is 2.19. The number of hydrogen-bond donors (Lipinski definition) is 0. The van der Waals surface area contributed by atoms with Gasteiger partial charge in [-0.1, -0.05) is 11.8 Å². The van der Waals surface area contributed by atoms with Crippen LogP contribution >= 0.6 is 11.8 Å². The highest BCUT2D eigenvalue weighted by molar-refractivity contribution is 8.14. The number of carbonyl (C=O) groups excluding carboxylic acids is 3. The summed E-state index contributed by atoms with van der Waals surface area (Å²) in [5.41, 5.74) is 0. The molecule has 3 nitrogen and oxygen atoms in total. The Hall–Kier alpha value is -0.640. The van der Waals surface area contributed by atoms with Crippen LogP contribution in [-0.4, -0.2) is 22.4 Å². The third-order valence-corrected chi connectivity index (χ3v) is 1.87. The predicted molar refractivity (Wildman–Crippen MR) is 43.4 cm³/mol. The molecule has 0 heterocycles. The van der Waals surface area contributed by atoms with Crippen LogP contribution in [0.5, 0.6) is 0 Å². The molecule has 0 N–H and O–H groups in total. The Bertz CT molecular complexity index is 161. The van der Waals surface area contributed by atoms with Gasteiger partial charge in [-0.2, -0.15) is 0 Å². The van der Waals surface area contributed by atoms with Gasteiger partial charge in [0, 0.05) is 13.3 Å². The van der Waals surface area contributed by atoms with Crippen LogP contribution < -0.4 is 0 Å². The van der Waals surface area contributed by atoms with Crippen molar-refractivity contribution >= 4 is 28.9 Å². The third kappa shape index (κ3) is 5.79. The van der Waals surface area contributed by atoms with E-state index in [-0.39, 0.29) is 17.3 Å². The fourth-order valence-electron chi connectivity index (χ4n) is 0.614. The van der Waals surface area contributed by atoms with Crippen molar-refractivity contribution in [1.29, 1.82) is 0 Å². The fraction of sp³-hybridized carbons (Fsp3) is 0.571. The molecule has 0 fully saturated rings. The van der Waals surface area contributed by atoms with Crippen molar-refractivity contribution in [1.82, 2.24) is 0 Å². The highest BCUT2D eigenvalue weighted by atomic mass is 32.2. The molecule has 1 atom stereocenters. The lowest BCUT2D eigenvalue weighted by Gasteiger charge is -2.02. The topological polar surface area (TPSA) is 51.2 Å². The Morgan fingerprint density at radius 1 is 1.45 bits per heavy atom. The van der Waals surface area contributed by atoms with Crippen LogP contribution in [0.4, 0.5) is 0 Å². The maximum atomic E-state index is 10.5. The molecule has 0 aliphatic heterocycles. The van der Waals surface area contributed by atoms with Gasteiger partial charge < -0.3 is 4.79 Å². The van der Waals surface area contributed by atoms with Crippen LogP contribution in [0.15, 0.2) is 0 Å². The summed E-state index contributed by atoms with van der Waals surface area (Å²) in [4.78, 5) is 31.2. The van der Waals surface area contributed by atoms with E-state index in [1.165, 1.54) is 13.8 Å². The fourth-order valence-corrected chi connectivity index (χ4v) is 1.41. The van der Waals surface area contributed by atoms with E-state index < -0.39 is 5.25 Å².